The highest BCUT2D eigenvalue weighted by Crippen LogP contribution is 2.29. The molecular formula is C9H11NO3. The van der Waals surface area contributed by atoms with Crippen LogP contribution in [0.3, 0.4) is 0 Å². The van der Waals surface area contributed by atoms with E-state index in [2.05, 4.69) is 0 Å². The minimum atomic E-state index is -0.346. The minimum absolute atomic E-state index is 0.0424. The van der Waals surface area contributed by atoms with E-state index in [1.165, 1.54) is 4.90 Å². The standard InChI is InChI=1S/C9H11NO3/c11-5-6-1-2-7-8(12)3-4-9(13)10(6)7/h5-7H,1-4H2/t6-,7-/m0/s1. The van der Waals surface area contributed by atoms with Crippen LogP contribution in [-0.4, -0.2) is 35.0 Å². The predicted molar refractivity (Wildman–Crippen MR) is 44.0 cm³/mol. The van der Waals surface area contributed by atoms with Gasteiger partial charge in [-0.15, -0.1) is 0 Å². The van der Waals surface area contributed by atoms with Crippen molar-refractivity contribution in [2.24, 2.45) is 0 Å². The molecule has 4 heteroatoms. The highest BCUT2D eigenvalue weighted by Gasteiger charge is 2.43. The number of carbonyl (C=O) groups excluding carboxylic acids is 3. The number of Topliss-reactive ketones (excluding diaryl/α,β-unsaturated/α-hetero) is 1. The molecule has 2 heterocycles. The van der Waals surface area contributed by atoms with Gasteiger partial charge < -0.3 is 9.69 Å². The van der Waals surface area contributed by atoms with Crippen LogP contribution in [-0.2, 0) is 14.4 Å². The van der Waals surface area contributed by atoms with Gasteiger partial charge in [0.25, 0.3) is 0 Å². The lowest BCUT2D eigenvalue weighted by atomic mass is 10.0. The Balaban J connectivity index is 2.25. The normalized spacial score (nSPS) is 33.4. The van der Waals surface area contributed by atoms with E-state index in [0.29, 0.717) is 19.3 Å². The molecule has 0 N–H and O–H groups in total. The SMILES string of the molecule is O=C[C@@H]1CC[C@H]2C(=O)CCC(=O)N12. The van der Waals surface area contributed by atoms with Crippen molar-refractivity contribution in [1.29, 1.82) is 0 Å². The Bertz CT molecular complexity index is 274. The summed E-state index contributed by atoms with van der Waals surface area (Å²) in [5.74, 6) is 0.0724. The fourth-order valence-corrected chi connectivity index (χ4v) is 2.17. The van der Waals surface area contributed by atoms with E-state index in [0.717, 1.165) is 6.29 Å². The van der Waals surface area contributed by atoms with Gasteiger partial charge in [-0.05, 0) is 12.8 Å². The number of aldehydes is 1. The molecule has 2 aliphatic rings. The van der Waals surface area contributed by atoms with Crippen LogP contribution in [0.25, 0.3) is 0 Å². The van der Waals surface area contributed by atoms with Crippen molar-refractivity contribution in [3.05, 3.63) is 0 Å². The van der Waals surface area contributed by atoms with Crippen LogP contribution in [0.1, 0.15) is 25.7 Å². The fraction of sp³-hybridized carbons (Fsp3) is 0.667. The van der Waals surface area contributed by atoms with Crippen molar-refractivity contribution in [3.63, 3.8) is 0 Å². The van der Waals surface area contributed by atoms with Crippen molar-refractivity contribution in [1.82, 2.24) is 4.90 Å². The first-order valence-corrected chi connectivity index (χ1v) is 4.53. The van der Waals surface area contributed by atoms with Crippen LogP contribution in [0.4, 0.5) is 0 Å². The van der Waals surface area contributed by atoms with Gasteiger partial charge in [0, 0.05) is 12.8 Å². The number of piperidine rings is 1. The molecule has 0 spiro atoms. The number of ketones is 1. The first-order chi connectivity index (χ1) is 6.24. The summed E-state index contributed by atoms with van der Waals surface area (Å²) >= 11 is 0. The van der Waals surface area contributed by atoms with E-state index in [4.69, 9.17) is 0 Å². The van der Waals surface area contributed by atoms with Gasteiger partial charge >= 0.3 is 0 Å². The summed E-state index contributed by atoms with van der Waals surface area (Å²) in [5, 5.41) is 0. The molecule has 0 aromatic rings. The van der Waals surface area contributed by atoms with Crippen molar-refractivity contribution in [3.8, 4) is 0 Å². The molecule has 0 radical (unpaired) electrons. The van der Waals surface area contributed by atoms with Gasteiger partial charge in [0.15, 0.2) is 5.78 Å². The predicted octanol–water partition coefficient (Wildman–Crippen LogP) is -0.0922. The highest BCUT2D eigenvalue weighted by molar-refractivity contribution is 5.97. The third kappa shape index (κ3) is 1.17. The summed E-state index contributed by atoms with van der Waals surface area (Å²) < 4.78 is 0. The van der Waals surface area contributed by atoms with Crippen LogP contribution in [0.2, 0.25) is 0 Å². The Kier molecular flexibility index (Phi) is 1.90. The van der Waals surface area contributed by atoms with E-state index in [-0.39, 0.29) is 30.2 Å². The van der Waals surface area contributed by atoms with Gasteiger partial charge in [-0.2, -0.15) is 0 Å². The third-order valence-electron chi connectivity index (χ3n) is 2.83. The second-order valence-corrected chi connectivity index (χ2v) is 3.56. The van der Waals surface area contributed by atoms with Crippen molar-refractivity contribution < 1.29 is 14.4 Å². The molecule has 2 fully saturated rings. The molecule has 0 aliphatic carbocycles. The van der Waals surface area contributed by atoms with Crippen LogP contribution < -0.4 is 0 Å². The summed E-state index contributed by atoms with van der Waals surface area (Å²) in [6.45, 7) is 0. The highest BCUT2D eigenvalue weighted by atomic mass is 16.2. The summed E-state index contributed by atoms with van der Waals surface area (Å²) in [6.07, 6.45) is 2.71. The van der Waals surface area contributed by atoms with E-state index in [9.17, 15) is 14.4 Å². The molecule has 0 unspecified atom stereocenters. The topological polar surface area (TPSA) is 54.5 Å². The van der Waals surface area contributed by atoms with Crippen LogP contribution in [0.5, 0.6) is 0 Å². The molecule has 0 aromatic heterocycles. The Hall–Kier alpha value is -1.19. The van der Waals surface area contributed by atoms with Gasteiger partial charge in [0.05, 0.1) is 12.1 Å². The fourth-order valence-electron chi connectivity index (χ4n) is 2.17. The monoisotopic (exact) mass is 181 g/mol. The zero-order valence-electron chi connectivity index (χ0n) is 7.23. The first kappa shape index (κ1) is 8.41. The van der Waals surface area contributed by atoms with Crippen molar-refractivity contribution in [2.45, 2.75) is 37.8 Å². The van der Waals surface area contributed by atoms with Crippen LogP contribution >= 0.6 is 0 Å². The molecule has 2 aliphatic heterocycles. The zero-order valence-corrected chi connectivity index (χ0v) is 7.23. The van der Waals surface area contributed by atoms with E-state index < -0.39 is 0 Å². The molecule has 0 saturated carbocycles. The van der Waals surface area contributed by atoms with Gasteiger partial charge in [0.1, 0.15) is 6.29 Å². The quantitative estimate of drug-likeness (QED) is 0.531. The average Bonchev–Trinajstić information content (AvgIpc) is 2.56. The van der Waals surface area contributed by atoms with Crippen LogP contribution in [0.15, 0.2) is 0 Å². The van der Waals surface area contributed by atoms with Gasteiger partial charge in [-0.1, -0.05) is 0 Å². The second-order valence-electron chi connectivity index (χ2n) is 3.56. The zero-order chi connectivity index (χ0) is 9.42. The van der Waals surface area contributed by atoms with Crippen molar-refractivity contribution in [2.75, 3.05) is 0 Å². The van der Waals surface area contributed by atoms with E-state index >= 15 is 0 Å². The molecule has 0 aromatic carbocycles. The molecule has 4 nitrogen and oxygen atoms in total. The van der Waals surface area contributed by atoms with Crippen molar-refractivity contribution >= 4 is 18.0 Å². The summed E-state index contributed by atoms with van der Waals surface area (Å²) in [6, 6.07) is -0.641. The lowest BCUT2D eigenvalue weighted by Crippen LogP contribution is -2.49. The molecule has 2 rings (SSSR count). The molecule has 70 valence electrons. The molecular weight excluding hydrogens is 170 g/mol. The Labute approximate surface area is 75.9 Å². The molecule has 2 saturated heterocycles. The maximum absolute atomic E-state index is 11.4. The molecule has 13 heavy (non-hydrogen) atoms. The smallest absolute Gasteiger partial charge is 0.224 e. The van der Waals surface area contributed by atoms with Gasteiger partial charge in [-0.25, -0.2) is 0 Å². The number of carbonyl (C=O) groups is 3. The number of fused-ring (bicyclic) bond motifs is 1. The average molecular weight is 181 g/mol. The number of hydrogen-bond donors (Lipinski definition) is 0. The largest absolute Gasteiger partial charge is 0.323 e. The molecule has 0 bridgehead atoms. The molecule has 1 amide bonds. The van der Waals surface area contributed by atoms with Crippen LogP contribution in [0, 0.1) is 0 Å². The second kappa shape index (κ2) is 2.94. The Morgan fingerprint density at radius 2 is 2.00 bits per heavy atom. The molecule has 2 atom stereocenters. The summed E-state index contributed by atoms with van der Waals surface area (Å²) in [7, 11) is 0. The lowest BCUT2D eigenvalue weighted by molar-refractivity contribution is -0.145. The Morgan fingerprint density at radius 3 is 2.69 bits per heavy atom. The maximum Gasteiger partial charge on any atom is 0.224 e. The number of hydrogen-bond acceptors (Lipinski definition) is 3. The Morgan fingerprint density at radius 1 is 1.23 bits per heavy atom. The third-order valence-corrected chi connectivity index (χ3v) is 2.83. The maximum atomic E-state index is 11.4. The number of amides is 1. The van der Waals surface area contributed by atoms with Gasteiger partial charge in [0.2, 0.25) is 5.91 Å². The summed E-state index contributed by atoms with van der Waals surface area (Å²) in [4.78, 5) is 34.9. The van der Waals surface area contributed by atoms with E-state index in [1.807, 2.05) is 0 Å². The number of nitrogens with zero attached hydrogens (tertiary/aromatic N) is 1. The number of rotatable bonds is 1. The lowest BCUT2D eigenvalue weighted by Gasteiger charge is -2.30. The van der Waals surface area contributed by atoms with E-state index in [1.54, 1.807) is 0 Å². The van der Waals surface area contributed by atoms with Gasteiger partial charge in [-0.3, -0.25) is 9.59 Å². The summed E-state index contributed by atoms with van der Waals surface area (Å²) in [5.41, 5.74) is 0. The first-order valence-electron chi connectivity index (χ1n) is 4.53. The minimum Gasteiger partial charge on any atom is -0.323 e.